The lowest BCUT2D eigenvalue weighted by molar-refractivity contribution is 0.0107. The highest BCUT2D eigenvalue weighted by Gasteiger charge is 2.26. The number of rotatable bonds is 9. The number of hydrogen-bond donors (Lipinski definition) is 1. The molecule has 0 spiro atoms. The van der Waals surface area contributed by atoms with Crippen LogP contribution in [0.4, 0.5) is 0 Å². The summed E-state index contributed by atoms with van der Waals surface area (Å²) in [7, 11) is 2.04. The molecule has 1 aliphatic heterocycles. The van der Waals surface area contributed by atoms with Gasteiger partial charge < -0.3 is 19.5 Å². The molecule has 0 bridgehead atoms. The van der Waals surface area contributed by atoms with Crippen LogP contribution < -0.4 is 9.47 Å². The third kappa shape index (κ3) is 6.67. The SMILES string of the molecule is CCCCc1nnc(OC[C@H]2CCN(C)CC2O)cc1-c1ccc(OC2CCCCC2)cc1. The minimum atomic E-state index is -0.364. The van der Waals surface area contributed by atoms with Gasteiger partial charge in [0.2, 0.25) is 5.88 Å². The summed E-state index contributed by atoms with van der Waals surface area (Å²) >= 11 is 0. The van der Waals surface area contributed by atoms with Crippen LogP contribution in [0.1, 0.15) is 64.0 Å². The quantitative estimate of drug-likeness (QED) is 0.583. The summed E-state index contributed by atoms with van der Waals surface area (Å²) in [6.45, 7) is 4.32. The normalized spacial score (nSPS) is 22.3. The molecule has 1 aromatic carbocycles. The topological polar surface area (TPSA) is 67.7 Å². The number of β-amino-alcohol motifs (C(OH)–C–C–N with tert-alkyl or cyclic N) is 1. The number of benzene rings is 1. The number of piperidine rings is 1. The van der Waals surface area contributed by atoms with E-state index >= 15 is 0 Å². The Balaban J connectivity index is 1.46. The molecule has 1 aromatic heterocycles. The van der Waals surface area contributed by atoms with Gasteiger partial charge in [-0.2, -0.15) is 5.10 Å². The molecule has 2 atom stereocenters. The Kier molecular flexibility index (Phi) is 8.57. The van der Waals surface area contributed by atoms with Crippen molar-refractivity contribution in [3.8, 4) is 22.8 Å². The Labute approximate surface area is 198 Å². The molecule has 2 heterocycles. The van der Waals surface area contributed by atoms with Crippen LogP contribution in [0.15, 0.2) is 30.3 Å². The van der Waals surface area contributed by atoms with Crippen molar-refractivity contribution < 1.29 is 14.6 Å². The Morgan fingerprint density at radius 3 is 2.58 bits per heavy atom. The van der Waals surface area contributed by atoms with Crippen LogP contribution in [0.25, 0.3) is 11.1 Å². The third-order valence-electron chi connectivity index (χ3n) is 7.01. The molecular weight excluding hydrogens is 414 g/mol. The van der Waals surface area contributed by atoms with E-state index < -0.39 is 0 Å². The molecule has 2 aromatic rings. The van der Waals surface area contributed by atoms with Crippen molar-refractivity contribution in [1.29, 1.82) is 0 Å². The first-order valence-corrected chi connectivity index (χ1v) is 12.8. The average Bonchev–Trinajstić information content (AvgIpc) is 2.84. The van der Waals surface area contributed by atoms with E-state index in [4.69, 9.17) is 9.47 Å². The van der Waals surface area contributed by atoms with Gasteiger partial charge in [-0.25, -0.2) is 0 Å². The minimum Gasteiger partial charge on any atom is -0.490 e. The highest BCUT2D eigenvalue weighted by atomic mass is 16.5. The fourth-order valence-electron chi connectivity index (χ4n) is 4.86. The highest BCUT2D eigenvalue weighted by molar-refractivity contribution is 5.67. The lowest BCUT2D eigenvalue weighted by Gasteiger charge is -2.33. The lowest BCUT2D eigenvalue weighted by atomic mass is 9.95. The molecule has 1 saturated heterocycles. The maximum Gasteiger partial charge on any atom is 0.234 e. The van der Waals surface area contributed by atoms with Gasteiger partial charge >= 0.3 is 0 Å². The van der Waals surface area contributed by atoms with E-state index in [0.717, 1.165) is 67.6 Å². The van der Waals surface area contributed by atoms with E-state index in [9.17, 15) is 5.11 Å². The average molecular weight is 454 g/mol. The standard InChI is InChI=1S/C27H39N3O3/c1-3-4-10-25-24(20-11-13-23(14-12-20)33-22-8-6-5-7-9-22)17-27(29-28-25)32-19-21-15-16-30(2)18-26(21)31/h11-14,17,21-22,26,31H,3-10,15-16,18-19H2,1-2H3/t21-,26?/m1/s1. The number of nitrogens with zero attached hydrogens (tertiary/aromatic N) is 3. The van der Waals surface area contributed by atoms with E-state index in [2.05, 4.69) is 46.3 Å². The minimum absolute atomic E-state index is 0.127. The van der Waals surface area contributed by atoms with Crippen LogP contribution >= 0.6 is 0 Å². The maximum absolute atomic E-state index is 10.4. The Bertz CT molecular complexity index is 867. The predicted molar refractivity (Wildman–Crippen MR) is 131 cm³/mol. The first-order chi connectivity index (χ1) is 16.1. The Hall–Kier alpha value is -2.18. The van der Waals surface area contributed by atoms with Gasteiger partial charge in [-0.05, 0) is 76.2 Å². The Morgan fingerprint density at radius 2 is 1.85 bits per heavy atom. The van der Waals surface area contributed by atoms with Crippen LogP contribution in [0, 0.1) is 5.92 Å². The summed E-state index contributed by atoms with van der Waals surface area (Å²) in [5, 5.41) is 19.2. The molecule has 1 N–H and O–H groups in total. The third-order valence-corrected chi connectivity index (χ3v) is 7.01. The molecular formula is C27H39N3O3. The van der Waals surface area contributed by atoms with Crippen LogP contribution in [-0.4, -0.2) is 59.2 Å². The van der Waals surface area contributed by atoms with Crippen molar-refractivity contribution in [3.63, 3.8) is 0 Å². The maximum atomic E-state index is 10.4. The fourth-order valence-corrected chi connectivity index (χ4v) is 4.86. The molecule has 2 aliphatic rings. The molecule has 6 nitrogen and oxygen atoms in total. The molecule has 1 unspecified atom stereocenters. The number of aryl methyl sites for hydroxylation is 1. The van der Waals surface area contributed by atoms with E-state index in [1.165, 1.54) is 19.3 Å². The number of likely N-dealkylation sites (tertiary alicyclic amines) is 1. The van der Waals surface area contributed by atoms with Gasteiger partial charge in [0.25, 0.3) is 0 Å². The molecule has 1 saturated carbocycles. The first-order valence-electron chi connectivity index (χ1n) is 12.8. The zero-order valence-electron chi connectivity index (χ0n) is 20.2. The lowest BCUT2D eigenvalue weighted by Crippen LogP contribution is -2.43. The second-order valence-corrected chi connectivity index (χ2v) is 9.74. The number of aliphatic hydroxyl groups excluding tert-OH is 1. The number of unbranched alkanes of at least 4 members (excludes halogenated alkanes) is 1. The largest absolute Gasteiger partial charge is 0.490 e. The molecule has 4 rings (SSSR count). The van der Waals surface area contributed by atoms with Crippen molar-refractivity contribution in [2.24, 2.45) is 5.92 Å². The molecule has 0 radical (unpaired) electrons. The summed E-state index contributed by atoms with van der Waals surface area (Å²) in [4.78, 5) is 2.16. The van der Waals surface area contributed by atoms with Gasteiger partial charge in [0.15, 0.2) is 0 Å². The molecule has 6 heteroatoms. The highest BCUT2D eigenvalue weighted by Crippen LogP contribution is 2.30. The first kappa shape index (κ1) is 24.0. The molecule has 180 valence electrons. The van der Waals surface area contributed by atoms with Gasteiger partial charge in [-0.15, -0.1) is 5.10 Å². The van der Waals surface area contributed by atoms with Crippen LogP contribution in [-0.2, 0) is 6.42 Å². The van der Waals surface area contributed by atoms with E-state index in [1.54, 1.807) is 0 Å². The van der Waals surface area contributed by atoms with Crippen LogP contribution in [0.5, 0.6) is 11.6 Å². The van der Waals surface area contributed by atoms with Crippen molar-refractivity contribution >= 4 is 0 Å². The van der Waals surface area contributed by atoms with Crippen LogP contribution in [0.2, 0.25) is 0 Å². The van der Waals surface area contributed by atoms with Gasteiger partial charge in [-0.3, -0.25) is 0 Å². The number of aromatic nitrogens is 2. The molecule has 0 amide bonds. The van der Waals surface area contributed by atoms with Crippen molar-refractivity contribution in [2.45, 2.75) is 76.9 Å². The van der Waals surface area contributed by atoms with Crippen molar-refractivity contribution in [1.82, 2.24) is 15.1 Å². The van der Waals surface area contributed by atoms with E-state index in [0.29, 0.717) is 25.1 Å². The number of likely N-dealkylation sites (N-methyl/N-ethyl adjacent to an activating group) is 1. The van der Waals surface area contributed by atoms with E-state index in [-0.39, 0.29) is 12.0 Å². The summed E-state index contributed by atoms with van der Waals surface area (Å²) in [6, 6.07) is 10.4. The summed E-state index contributed by atoms with van der Waals surface area (Å²) in [5.41, 5.74) is 3.18. The second-order valence-electron chi connectivity index (χ2n) is 9.74. The van der Waals surface area contributed by atoms with Gasteiger partial charge in [0.05, 0.1) is 24.5 Å². The number of aliphatic hydroxyl groups is 1. The second kappa shape index (κ2) is 11.8. The predicted octanol–water partition coefficient (Wildman–Crippen LogP) is 4.89. The molecule has 2 fully saturated rings. The van der Waals surface area contributed by atoms with Gasteiger partial charge in [0.1, 0.15) is 5.75 Å². The monoisotopic (exact) mass is 453 g/mol. The Morgan fingerprint density at radius 1 is 1.06 bits per heavy atom. The van der Waals surface area contributed by atoms with Gasteiger partial charge in [0, 0.05) is 24.1 Å². The smallest absolute Gasteiger partial charge is 0.234 e. The zero-order chi connectivity index (χ0) is 23.0. The zero-order valence-corrected chi connectivity index (χ0v) is 20.2. The van der Waals surface area contributed by atoms with Crippen LogP contribution in [0.3, 0.4) is 0 Å². The number of ether oxygens (including phenoxy) is 2. The molecule has 1 aliphatic carbocycles. The number of hydrogen-bond acceptors (Lipinski definition) is 6. The summed E-state index contributed by atoms with van der Waals surface area (Å²) in [5.74, 6) is 1.59. The van der Waals surface area contributed by atoms with Crippen molar-refractivity contribution in [2.75, 3.05) is 26.7 Å². The van der Waals surface area contributed by atoms with Crippen molar-refractivity contribution in [3.05, 3.63) is 36.0 Å². The van der Waals surface area contributed by atoms with Gasteiger partial charge in [-0.1, -0.05) is 31.9 Å². The molecule has 33 heavy (non-hydrogen) atoms. The summed E-state index contributed by atoms with van der Waals surface area (Å²) < 4.78 is 12.2. The fraction of sp³-hybridized carbons (Fsp3) is 0.630. The summed E-state index contributed by atoms with van der Waals surface area (Å²) in [6.07, 6.45) is 10.2. The van der Waals surface area contributed by atoms with E-state index in [1.807, 2.05) is 13.1 Å².